The molecular weight excluding hydrogens is 122 g/mol. The quantitative estimate of drug-likeness (QED) is 0.582. The second kappa shape index (κ2) is 1.97. The largest absolute Gasteiger partial charge is 0.316 e. The van der Waals surface area contributed by atoms with E-state index >= 15 is 0 Å². The van der Waals surface area contributed by atoms with E-state index in [-0.39, 0.29) is 0 Å². The molecule has 1 heteroatoms. The molecule has 2 unspecified atom stereocenters. The van der Waals surface area contributed by atoms with Gasteiger partial charge in [0.2, 0.25) is 0 Å². The Labute approximate surface area is 63.2 Å². The summed E-state index contributed by atoms with van der Waals surface area (Å²) in [5.74, 6) is 1.91. The molecule has 0 radical (unpaired) electrons. The third-order valence-electron chi connectivity index (χ3n) is 3.77. The molecule has 1 aliphatic heterocycles. The molecule has 1 nitrogen and oxygen atoms in total. The molecule has 1 aliphatic carbocycles. The Morgan fingerprint density at radius 2 is 2.30 bits per heavy atom. The van der Waals surface area contributed by atoms with Gasteiger partial charge in [-0.15, -0.1) is 0 Å². The Kier molecular flexibility index (Phi) is 1.31. The van der Waals surface area contributed by atoms with Crippen molar-refractivity contribution >= 4 is 0 Å². The summed E-state index contributed by atoms with van der Waals surface area (Å²) in [6, 6.07) is 0. The number of fused-ring (bicyclic) bond motifs is 1. The molecule has 0 amide bonds. The fraction of sp³-hybridized carbons (Fsp3) is 1.00. The summed E-state index contributed by atoms with van der Waals surface area (Å²) in [4.78, 5) is 0. The summed E-state index contributed by atoms with van der Waals surface area (Å²) in [6.45, 7) is 7.33. The summed E-state index contributed by atoms with van der Waals surface area (Å²) in [5, 5.41) is 3.51. The Bertz CT molecular complexity index is 142. The van der Waals surface area contributed by atoms with Gasteiger partial charge in [0.25, 0.3) is 0 Å². The molecule has 2 rings (SSSR count). The third kappa shape index (κ3) is 0.619. The molecule has 1 saturated carbocycles. The highest BCUT2D eigenvalue weighted by molar-refractivity contribution is 5.03. The lowest BCUT2D eigenvalue weighted by atomic mass is 9.57. The van der Waals surface area contributed by atoms with Crippen molar-refractivity contribution in [2.75, 3.05) is 13.1 Å². The van der Waals surface area contributed by atoms with Gasteiger partial charge in [-0.2, -0.15) is 0 Å². The SMILES string of the molecule is CC(C)C12CCC1CNC2. The summed E-state index contributed by atoms with van der Waals surface area (Å²) in [6.07, 6.45) is 2.95. The first-order chi connectivity index (χ1) is 4.76. The Morgan fingerprint density at radius 1 is 1.50 bits per heavy atom. The van der Waals surface area contributed by atoms with Gasteiger partial charge < -0.3 is 5.32 Å². The molecule has 0 bridgehead atoms. The van der Waals surface area contributed by atoms with Crippen LogP contribution in [0.15, 0.2) is 0 Å². The average Bonchev–Trinajstić information content (AvgIpc) is 2.09. The second-order valence-corrected chi connectivity index (χ2v) is 4.25. The minimum absolute atomic E-state index is 0.722. The van der Waals surface area contributed by atoms with E-state index in [4.69, 9.17) is 0 Å². The van der Waals surface area contributed by atoms with Crippen LogP contribution in [0.3, 0.4) is 0 Å². The van der Waals surface area contributed by atoms with Crippen molar-refractivity contribution in [2.24, 2.45) is 17.3 Å². The van der Waals surface area contributed by atoms with Gasteiger partial charge in [-0.1, -0.05) is 13.8 Å². The average molecular weight is 139 g/mol. The van der Waals surface area contributed by atoms with Crippen molar-refractivity contribution < 1.29 is 0 Å². The van der Waals surface area contributed by atoms with Crippen molar-refractivity contribution in [3.05, 3.63) is 0 Å². The number of nitrogens with one attached hydrogen (secondary N) is 1. The van der Waals surface area contributed by atoms with Crippen LogP contribution in [-0.4, -0.2) is 13.1 Å². The zero-order valence-electron chi connectivity index (χ0n) is 6.98. The monoisotopic (exact) mass is 139 g/mol. The molecule has 2 atom stereocenters. The third-order valence-corrected chi connectivity index (χ3v) is 3.77. The van der Waals surface area contributed by atoms with Gasteiger partial charge in [-0.3, -0.25) is 0 Å². The van der Waals surface area contributed by atoms with Crippen LogP contribution in [-0.2, 0) is 0 Å². The topological polar surface area (TPSA) is 12.0 Å². The van der Waals surface area contributed by atoms with Crippen LogP contribution in [0.5, 0.6) is 0 Å². The molecule has 1 heterocycles. The standard InChI is InChI=1S/C9H17N/c1-7(2)9-4-3-8(9)5-10-6-9/h7-8,10H,3-6H2,1-2H3. The first-order valence-corrected chi connectivity index (χ1v) is 4.46. The van der Waals surface area contributed by atoms with Gasteiger partial charge in [0, 0.05) is 6.54 Å². The van der Waals surface area contributed by atoms with Crippen LogP contribution in [0, 0.1) is 17.3 Å². The Balaban J connectivity index is 2.14. The maximum atomic E-state index is 3.51. The van der Waals surface area contributed by atoms with Gasteiger partial charge in [-0.05, 0) is 36.6 Å². The molecule has 1 N–H and O–H groups in total. The van der Waals surface area contributed by atoms with E-state index in [2.05, 4.69) is 19.2 Å². The molecule has 58 valence electrons. The maximum Gasteiger partial charge on any atom is 0.00135 e. The van der Waals surface area contributed by atoms with E-state index < -0.39 is 0 Å². The fourth-order valence-corrected chi connectivity index (χ4v) is 2.70. The molecule has 2 fully saturated rings. The summed E-state index contributed by atoms with van der Waals surface area (Å²) < 4.78 is 0. The van der Waals surface area contributed by atoms with Crippen molar-refractivity contribution in [3.8, 4) is 0 Å². The lowest BCUT2D eigenvalue weighted by Crippen LogP contribution is -2.43. The second-order valence-electron chi connectivity index (χ2n) is 4.25. The van der Waals surface area contributed by atoms with Crippen molar-refractivity contribution in [3.63, 3.8) is 0 Å². The van der Waals surface area contributed by atoms with E-state index in [0.29, 0.717) is 0 Å². The van der Waals surface area contributed by atoms with Crippen LogP contribution in [0.2, 0.25) is 0 Å². The number of rotatable bonds is 1. The van der Waals surface area contributed by atoms with Crippen LogP contribution in [0.1, 0.15) is 26.7 Å². The van der Waals surface area contributed by atoms with Gasteiger partial charge >= 0.3 is 0 Å². The molecule has 10 heavy (non-hydrogen) atoms. The van der Waals surface area contributed by atoms with Crippen molar-refractivity contribution in [1.82, 2.24) is 5.32 Å². The molecular formula is C9H17N. The van der Waals surface area contributed by atoms with E-state index in [1.807, 2.05) is 0 Å². The summed E-state index contributed by atoms with van der Waals surface area (Å²) >= 11 is 0. The van der Waals surface area contributed by atoms with Crippen molar-refractivity contribution in [1.29, 1.82) is 0 Å². The predicted molar refractivity (Wildman–Crippen MR) is 42.9 cm³/mol. The predicted octanol–water partition coefficient (Wildman–Crippen LogP) is 1.64. The minimum atomic E-state index is 0.722. The van der Waals surface area contributed by atoms with Crippen LogP contribution in [0.4, 0.5) is 0 Å². The highest BCUT2D eigenvalue weighted by Crippen LogP contribution is 2.53. The normalized spacial score (nSPS) is 45.3. The van der Waals surface area contributed by atoms with Gasteiger partial charge in [-0.25, -0.2) is 0 Å². The van der Waals surface area contributed by atoms with Crippen LogP contribution >= 0.6 is 0 Å². The molecule has 0 aromatic heterocycles. The van der Waals surface area contributed by atoms with E-state index in [9.17, 15) is 0 Å². The lowest BCUT2D eigenvalue weighted by Gasteiger charge is -2.47. The van der Waals surface area contributed by atoms with E-state index in [1.165, 1.54) is 25.9 Å². The smallest absolute Gasteiger partial charge is 0.00135 e. The minimum Gasteiger partial charge on any atom is -0.316 e. The van der Waals surface area contributed by atoms with Gasteiger partial charge in [0.15, 0.2) is 0 Å². The first-order valence-electron chi connectivity index (χ1n) is 4.46. The Morgan fingerprint density at radius 3 is 2.60 bits per heavy atom. The van der Waals surface area contributed by atoms with Gasteiger partial charge in [0.05, 0.1) is 0 Å². The van der Waals surface area contributed by atoms with Crippen LogP contribution in [0.25, 0.3) is 0 Å². The summed E-state index contributed by atoms with van der Waals surface area (Å²) in [7, 11) is 0. The van der Waals surface area contributed by atoms with E-state index in [0.717, 1.165) is 17.3 Å². The Hall–Kier alpha value is -0.0400. The number of hydrogen-bond donors (Lipinski definition) is 1. The lowest BCUT2D eigenvalue weighted by molar-refractivity contribution is 0.0311. The van der Waals surface area contributed by atoms with E-state index in [1.54, 1.807) is 0 Å². The zero-order chi connectivity index (χ0) is 7.19. The highest BCUT2D eigenvalue weighted by atomic mass is 15.0. The summed E-state index contributed by atoms with van der Waals surface area (Å²) in [5.41, 5.74) is 0.722. The zero-order valence-corrected chi connectivity index (χ0v) is 6.98. The number of hydrogen-bond acceptors (Lipinski definition) is 1. The van der Waals surface area contributed by atoms with Crippen molar-refractivity contribution in [2.45, 2.75) is 26.7 Å². The molecule has 1 saturated heterocycles. The molecule has 0 spiro atoms. The fourth-order valence-electron chi connectivity index (χ4n) is 2.70. The molecule has 2 aliphatic rings. The maximum absolute atomic E-state index is 3.51. The highest BCUT2D eigenvalue weighted by Gasteiger charge is 2.51. The van der Waals surface area contributed by atoms with Gasteiger partial charge in [0.1, 0.15) is 0 Å². The first kappa shape index (κ1) is 6.66. The molecule has 0 aromatic rings. The van der Waals surface area contributed by atoms with Crippen LogP contribution < -0.4 is 5.32 Å². The molecule has 0 aromatic carbocycles.